The van der Waals surface area contributed by atoms with Crippen LogP contribution in [0.15, 0.2) is 18.5 Å². The average Bonchev–Trinajstić information content (AvgIpc) is 3.11. The number of amides is 1. The number of fused-ring (bicyclic) bond motifs is 1. The largest absolute Gasteiger partial charge is 0.338 e. The van der Waals surface area contributed by atoms with Crippen LogP contribution in [0.3, 0.4) is 0 Å². The van der Waals surface area contributed by atoms with Crippen LogP contribution in [0.5, 0.6) is 0 Å². The predicted octanol–water partition coefficient (Wildman–Crippen LogP) is 2.01. The molecular formula is C21H30N6O. The maximum atomic E-state index is 12.9. The first-order valence-corrected chi connectivity index (χ1v) is 10.3. The molecule has 2 aromatic rings. The first kappa shape index (κ1) is 19.1. The van der Waals surface area contributed by atoms with Gasteiger partial charge in [-0.15, -0.1) is 0 Å². The molecule has 0 spiro atoms. The standard InChI is InChI=1S/C21H30N6O/c1-15(12-27-10-6-16(2)24-27)21(28)26-9-7-19-18(14-26)11-22-20(23-19)17-5-4-8-25(3)13-17/h6,10-11,15,17H,4-5,7-9,12-14H2,1-3H3/t15-,17+/m0/s1. The minimum absolute atomic E-state index is 0.0983. The average molecular weight is 383 g/mol. The highest BCUT2D eigenvalue weighted by Crippen LogP contribution is 2.26. The molecule has 1 saturated heterocycles. The van der Waals surface area contributed by atoms with Gasteiger partial charge in [0.25, 0.3) is 0 Å². The number of rotatable bonds is 4. The molecule has 4 rings (SSSR count). The molecule has 7 heteroatoms. The second-order valence-electron chi connectivity index (χ2n) is 8.39. The van der Waals surface area contributed by atoms with Gasteiger partial charge in [0.15, 0.2) is 0 Å². The maximum absolute atomic E-state index is 12.9. The van der Waals surface area contributed by atoms with Crippen molar-refractivity contribution in [3.63, 3.8) is 0 Å². The van der Waals surface area contributed by atoms with Gasteiger partial charge in [-0.1, -0.05) is 6.92 Å². The zero-order valence-electron chi connectivity index (χ0n) is 17.1. The lowest BCUT2D eigenvalue weighted by atomic mass is 9.97. The van der Waals surface area contributed by atoms with Crippen molar-refractivity contribution in [2.75, 3.05) is 26.7 Å². The number of hydrogen-bond donors (Lipinski definition) is 0. The van der Waals surface area contributed by atoms with E-state index in [1.165, 1.54) is 6.42 Å². The zero-order valence-corrected chi connectivity index (χ0v) is 17.1. The summed E-state index contributed by atoms with van der Waals surface area (Å²) in [4.78, 5) is 26.8. The van der Waals surface area contributed by atoms with E-state index in [1.54, 1.807) is 0 Å². The highest BCUT2D eigenvalue weighted by molar-refractivity contribution is 5.78. The monoisotopic (exact) mass is 382 g/mol. The van der Waals surface area contributed by atoms with Crippen molar-refractivity contribution in [2.24, 2.45) is 5.92 Å². The van der Waals surface area contributed by atoms with E-state index in [0.717, 1.165) is 55.3 Å². The Morgan fingerprint density at radius 2 is 2.21 bits per heavy atom. The van der Waals surface area contributed by atoms with Gasteiger partial charge in [-0.25, -0.2) is 9.97 Å². The third kappa shape index (κ3) is 4.09. The van der Waals surface area contributed by atoms with E-state index in [2.05, 4.69) is 22.0 Å². The number of aromatic nitrogens is 4. The Labute approximate surface area is 166 Å². The van der Waals surface area contributed by atoms with Gasteiger partial charge in [0.05, 0.1) is 23.9 Å². The van der Waals surface area contributed by atoms with Crippen LogP contribution in [0.4, 0.5) is 0 Å². The second kappa shape index (κ2) is 7.99. The van der Waals surface area contributed by atoms with E-state index in [0.29, 0.717) is 19.0 Å². The molecular weight excluding hydrogens is 352 g/mol. The molecule has 2 atom stereocenters. The molecule has 0 unspecified atom stereocenters. The first-order valence-electron chi connectivity index (χ1n) is 10.3. The summed E-state index contributed by atoms with van der Waals surface area (Å²) in [5.41, 5.74) is 3.19. The molecule has 150 valence electrons. The van der Waals surface area contributed by atoms with Crippen molar-refractivity contribution in [3.05, 3.63) is 41.2 Å². The molecule has 4 heterocycles. The number of hydrogen-bond acceptors (Lipinski definition) is 5. The van der Waals surface area contributed by atoms with E-state index in [1.807, 2.05) is 41.9 Å². The molecule has 0 radical (unpaired) electrons. The topological polar surface area (TPSA) is 67.2 Å². The molecule has 0 N–H and O–H groups in total. The van der Waals surface area contributed by atoms with Crippen LogP contribution in [-0.4, -0.2) is 62.1 Å². The number of likely N-dealkylation sites (tertiary alicyclic amines) is 1. The van der Waals surface area contributed by atoms with Crippen LogP contribution in [0.25, 0.3) is 0 Å². The van der Waals surface area contributed by atoms with Crippen LogP contribution in [0.2, 0.25) is 0 Å². The Bertz CT molecular complexity index is 847. The highest BCUT2D eigenvalue weighted by atomic mass is 16.2. The summed E-state index contributed by atoms with van der Waals surface area (Å²) < 4.78 is 1.85. The fourth-order valence-corrected chi connectivity index (χ4v) is 4.33. The molecule has 2 aliphatic heterocycles. The van der Waals surface area contributed by atoms with Crippen molar-refractivity contribution < 1.29 is 4.79 Å². The van der Waals surface area contributed by atoms with Crippen LogP contribution in [0, 0.1) is 12.8 Å². The Morgan fingerprint density at radius 3 is 2.96 bits per heavy atom. The summed E-state index contributed by atoms with van der Waals surface area (Å²) in [6.45, 7) is 8.10. The van der Waals surface area contributed by atoms with Crippen molar-refractivity contribution in [1.29, 1.82) is 0 Å². The van der Waals surface area contributed by atoms with Crippen LogP contribution in [0.1, 0.15) is 48.5 Å². The lowest BCUT2D eigenvalue weighted by molar-refractivity contribution is -0.136. The zero-order chi connectivity index (χ0) is 19.7. The van der Waals surface area contributed by atoms with Crippen molar-refractivity contribution in [1.82, 2.24) is 29.5 Å². The molecule has 0 aliphatic carbocycles. The Hall–Kier alpha value is -2.28. The number of aryl methyl sites for hydroxylation is 1. The summed E-state index contributed by atoms with van der Waals surface area (Å²) in [6, 6.07) is 1.97. The normalized spacial score (nSPS) is 21.4. The Morgan fingerprint density at radius 1 is 1.36 bits per heavy atom. The van der Waals surface area contributed by atoms with E-state index in [4.69, 9.17) is 4.98 Å². The highest BCUT2D eigenvalue weighted by Gasteiger charge is 2.28. The lowest BCUT2D eigenvalue weighted by Gasteiger charge is -2.32. The second-order valence-corrected chi connectivity index (χ2v) is 8.39. The van der Waals surface area contributed by atoms with Crippen molar-refractivity contribution >= 4 is 5.91 Å². The Balaban J connectivity index is 1.41. The molecule has 1 amide bonds. The van der Waals surface area contributed by atoms with Crippen LogP contribution >= 0.6 is 0 Å². The first-order chi connectivity index (χ1) is 13.5. The van der Waals surface area contributed by atoms with Gasteiger partial charge in [0.2, 0.25) is 5.91 Å². The Kier molecular flexibility index (Phi) is 5.44. The minimum atomic E-state index is -0.0983. The van der Waals surface area contributed by atoms with Gasteiger partial charge in [0, 0.05) is 49.9 Å². The van der Waals surface area contributed by atoms with Gasteiger partial charge in [-0.05, 0) is 39.4 Å². The van der Waals surface area contributed by atoms with Gasteiger partial charge in [-0.2, -0.15) is 5.10 Å². The molecule has 2 aromatic heterocycles. The van der Waals surface area contributed by atoms with Gasteiger partial charge in [-0.3, -0.25) is 9.48 Å². The van der Waals surface area contributed by atoms with E-state index in [9.17, 15) is 4.79 Å². The number of piperidine rings is 1. The fourth-order valence-electron chi connectivity index (χ4n) is 4.33. The third-order valence-electron chi connectivity index (χ3n) is 5.91. The van der Waals surface area contributed by atoms with Crippen LogP contribution in [-0.2, 0) is 24.3 Å². The van der Waals surface area contributed by atoms with Crippen molar-refractivity contribution in [2.45, 2.75) is 52.1 Å². The summed E-state index contributed by atoms with van der Waals surface area (Å²) in [5.74, 6) is 1.49. The fraction of sp³-hybridized carbons (Fsp3) is 0.619. The van der Waals surface area contributed by atoms with Gasteiger partial charge >= 0.3 is 0 Å². The molecule has 0 bridgehead atoms. The number of likely N-dealkylation sites (N-methyl/N-ethyl adjacent to an activating group) is 1. The SMILES string of the molecule is Cc1ccn(C[C@H](C)C(=O)N2CCc3nc([C@@H]4CCCN(C)C4)ncc3C2)n1. The minimum Gasteiger partial charge on any atom is -0.338 e. The van der Waals surface area contributed by atoms with Crippen LogP contribution < -0.4 is 0 Å². The molecule has 1 fully saturated rings. The van der Waals surface area contributed by atoms with E-state index < -0.39 is 0 Å². The predicted molar refractivity (Wildman–Crippen MR) is 107 cm³/mol. The quantitative estimate of drug-likeness (QED) is 0.809. The third-order valence-corrected chi connectivity index (χ3v) is 5.91. The molecule has 0 aromatic carbocycles. The summed E-state index contributed by atoms with van der Waals surface area (Å²) in [6.07, 6.45) is 7.07. The van der Waals surface area contributed by atoms with Crippen molar-refractivity contribution in [3.8, 4) is 0 Å². The summed E-state index contributed by atoms with van der Waals surface area (Å²) in [5, 5.41) is 4.40. The van der Waals surface area contributed by atoms with Gasteiger partial charge in [0.1, 0.15) is 5.82 Å². The summed E-state index contributed by atoms with van der Waals surface area (Å²) in [7, 11) is 2.17. The smallest absolute Gasteiger partial charge is 0.227 e. The molecule has 28 heavy (non-hydrogen) atoms. The number of nitrogens with zero attached hydrogens (tertiary/aromatic N) is 6. The van der Waals surface area contributed by atoms with E-state index in [-0.39, 0.29) is 11.8 Å². The molecule has 7 nitrogen and oxygen atoms in total. The lowest BCUT2D eigenvalue weighted by Crippen LogP contribution is -2.40. The molecule has 0 saturated carbocycles. The maximum Gasteiger partial charge on any atom is 0.227 e. The summed E-state index contributed by atoms with van der Waals surface area (Å²) >= 11 is 0. The van der Waals surface area contributed by atoms with E-state index >= 15 is 0 Å². The number of carbonyl (C=O) groups excluding carboxylic acids is 1. The number of carbonyl (C=O) groups is 1. The van der Waals surface area contributed by atoms with Gasteiger partial charge < -0.3 is 9.80 Å². The molecule has 2 aliphatic rings.